The number of phenols is 1. The lowest BCUT2D eigenvalue weighted by molar-refractivity contribution is -0.0203. The quantitative estimate of drug-likeness (QED) is 0.661. The summed E-state index contributed by atoms with van der Waals surface area (Å²) in [6.07, 6.45) is 0.260. The van der Waals surface area contributed by atoms with Crippen molar-refractivity contribution in [2.75, 3.05) is 0 Å². The summed E-state index contributed by atoms with van der Waals surface area (Å²) in [5, 5.41) is 17.9. The van der Waals surface area contributed by atoms with Crippen LogP contribution in [0.4, 0.5) is 0 Å². The van der Waals surface area contributed by atoms with E-state index >= 15 is 0 Å². The van der Waals surface area contributed by atoms with E-state index in [4.69, 9.17) is 21.4 Å². The second-order valence-electron chi connectivity index (χ2n) is 6.72. The summed E-state index contributed by atoms with van der Waals surface area (Å²) in [7, 11) is 0. The largest absolute Gasteiger partial charge is 0.507 e. The second-order valence-corrected chi connectivity index (χ2v) is 7.16. The van der Waals surface area contributed by atoms with Gasteiger partial charge in [-0.05, 0) is 35.9 Å². The summed E-state index contributed by atoms with van der Waals surface area (Å²) in [5.41, 5.74) is 3.80. The summed E-state index contributed by atoms with van der Waals surface area (Å²) >= 11 is 6.25. The van der Waals surface area contributed by atoms with Crippen LogP contribution in [0, 0.1) is 0 Å². The van der Waals surface area contributed by atoms with Gasteiger partial charge in [-0.15, -0.1) is 0 Å². The van der Waals surface area contributed by atoms with Gasteiger partial charge in [0.15, 0.2) is 0 Å². The zero-order chi connectivity index (χ0) is 18.4. The molecule has 3 aromatic rings. The molecule has 2 aliphatic rings. The molecule has 3 aromatic carbocycles. The van der Waals surface area contributed by atoms with Crippen molar-refractivity contribution in [1.82, 2.24) is 5.01 Å². The topological polar surface area (TPSA) is 45.1 Å². The Morgan fingerprint density at radius 1 is 0.963 bits per heavy atom. The molecule has 5 heteroatoms. The van der Waals surface area contributed by atoms with Gasteiger partial charge in [0.05, 0.1) is 17.3 Å². The van der Waals surface area contributed by atoms with Crippen LogP contribution < -0.4 is 4.74 Å². The number of halogens is 1. The zero-order valence-electron chi connectivity index (χ0n) is 14.4. The number of para-hydroxylation sites is 1. The van der Waals surface area contributed by atoms with E-state index in [0.717, 1.165) is 29.0 Å². The molecular formula is C22H17ClN2O2. The lowest BCUT2D eigenvalue weighted by Crippen LogP contribution is -2.33. The molecule has 2 aliphatic heterocycles. The molecule has 0 aromatic heterocycles. The fourth-order valence-corrected chi connectivity index (χ4v) is 3.95. The number of benzene rings is 3. The van der Waals surface area contributed by atoms with Crippen LogP contribution in [0.3, 0.4) is 0 Å². The lowest BCUT2D eigenvalue weighted by Gasteiger charge is -2.38. The number of aromatic hydroxyl groups is 1. The molecule has 0 saturated heterocycles. The van der Waals surface area contributed by atoms with Gasteiger partial charge in [0.1, 0.15) is 11.5 Å². The first-order valence-electron chi connectivity index (χ1n) is 8.86. The van der Waals surface area contributed by atoms with Crippen molar-refractivity contribution < 1.29 is 9.84 Å². The maximum atomic E-state index is 10.4. The Morgan fingerprint density at radius 2 is 1.74 bits per heavy atom. The molecule has 0 spiro atoms. The molecule has 0 saturated carbocycles. The van der Waals surface area contributed by atoms with E-state index in [1.165, 1.54) is 0 Å². The number of hydrazone groups is 1. The highest BCUT2D eigenvalue weighted by Crippen LogP contribution is 2.49. The molecule has 134 valence electrons. The minimum absolute atomic E-state index is 0.00672. The number of nitrogens with zero attached hydrogens (tertiary/aromatic N) is 2. The molecule has 0 amide bonds. The molecular weight excluding hydrogens is 360 g/mol. The fourth-order valence-electron chi connectivity index (χ4n) is 3.76. The number of phenolic OH excluding ortho intramolecular Hbond substituents is 1. The lowest BCUT2D eigenvalue weighted by atomic mass is 9.96. The van der Waals surface area contributed by atoms with Gasteiger partial charge in [0, 0.05) is 17.0 Å². The Kier molecular flexibility index (Phi) is 3.80. The van der Waals surface area contributed by atoms with Crippen LogP contribution in [0.2, 0.25) is 5.02 Å². The third kappa shape index (κ3) is 2.73. The molecule has 2 unspecified atom stereocenters. The second kappa shape index (κ2) is 6.32. The van der Waals surface area contributed by atoms with Gasteiger partial charge in [0.25, 0.3) is 0 Å². The Morgan fingerprint density at radius 3 is 2.56 bits per heavy atom. The number of hydrogen-bond donors (Lipinski definition) is 1. The molecule has 0 aliphatic carbocycles. The van der Waals surface area contributed by atoms with Gasteiger partial charge in [-0.3, -0.25) is 0 Å². The molecule has 2 heterocycles. The van der Waals surface area contributed by atoms with Gasteiger partial charge < -0.3 is 9.84 Å². The van der Waals surface area contributed by atoms with Crippen molar-refractivity contribution in [3.8, 4) is 11.5 Å². The maximum Gasteiger partial charge on any atom is 0.217 e. The SMILES string of the molecule is Oc1ccccc1C1Oc2ccc(Cl)cc2C2CC(c3ccccc3)=NN21. The summed E-state index contributed by atoms with van der Waals surface area (Å²) in [5.74, 6) is 0.973. The van der Waals surface area contributed by atoms with Crippen molar-refractivity contribution in [3.05, 3.63) is 94.5 Å². The minimum Gasteiger partial charge on any atom is -0.507 e. The van der Waals surface area contributed by atoms with Crippen LogP contribution in [0.1, 0.15) is 35.4 Å². The number of fused-ring (bicyclic) bond motifs is 3. The van der Waals surface area contributed by atoms with Crippen molar-refractivity contribution in [3.63, 3.8) is 0 Å². The van der Waals surface area contributed by atoms with Gasteiger partial charge in [-0.25, -0.2) is 5.01 Å². The van der Waals surface area contributed by atoms with Gasteiger partial charge in [0.2, 0.25) is 6.23 Å². The summed E-state index contributed by atoms with van der Waals surface area (Å²) in [6.45, 7) is 0. The Bertz CT molecular complexity index is 1040. The summed E-state index contributed by atoms with van der Waals surface area (Å²) in [6, 6.07) is 23.0. The average molecular weight is 377 g/mol. The Balaban J connectivity index is 1.64. The standard InChI is InChI=1S/C22H17ClN2O2/c23-15-10-11-21-17(12-15)19-13-18(14-6-2-1-3-7-14)24-25(19)22(27-21)16-8-4-5-9-20(16)26/h1-12,19,22,26H,13H2. The van der Waals surface area contributed by atoms with E-state index in [0.29, 0.717) is 10.6 Å². The number of rotatable bonds is 2. The van der Waals surface area contributed by atoms with E-state index in [9.17, 15) is 5.11 Å². The highest BCUT2D eigenvalue weighted by molar-refractivity contribution is 6.30. The van der Waals surface area contributed by atoms with Crippen molar-refractivity contribution >= 4 is 17.3 Å². The van der Waals surface area contributed by atoms with Crippen LogP contribution in [-0.2, 0) is 0 Å². The molecule has 0 radical (unpaired) electrons. The summed E-state index contributed by atoms with van der Waals surface area (Å²) < 4.78 is 6.25. The third-order valence-electron chi connectivity index (χ3n) is 5.06. The summed E-state index contributed by atoms with van der Waals surface area (Å²) in [4.78, 5) is 0. The van der Waals surface area contributed by atoms with E-state index in [2.05, 4.69) is 12.1 Å². The molecule has 4 nitrogen and oxygen atoms in total. The normalized spacial score (nSPS) is 20.5. The highest BCUT2D eigenvalue weighted by atomic mass is 35.5. The van der Waals surface area contributed by atoms with E-state index in [1.807, 2.05) is 53.5 Å². The van der Waals surface area contributed by atoms with E-state index in [1.54, 1.807) is 12.1 Å². The maximum absolute atomic E-state index is 10.4. The fraction of sp³-hybridized carbons (Fsp3) is 0.136. The predicted octanol–water partition coefficient (Wildman–Crippen LogP) is 5.29. The first-order chi connectivity index (χ1) is 13.2. The van der Waals surface area contributed by atoms with E-state index < -0.39 is 6.23 Å². The smallest absolute Gasteiger partial charge is 0.217 e. The van der Waals surface area contributed by atoms with Gasteiger partial charge in [-0.2, -0.15) is 5.10 Å². The highest BCUT2D eigenvalue weighted by Gasteiger charge is 2.41. The molecule has 2 atom stereocenters. The van der Waals surface area contributed by atoms with Crippen molar-refractivity contribution in [1.29, 1.82) is 0 Å². The average Bonchev–Trinajstić information content (AvgIpc) is 3.15. The van der Waals surface area contributed by atoms with Gasteiger partial charge >= 0.3 is 0 Å². The first-order valence-corrected chi connectivity index (χ1v) is 9.24. The van der Waals surface area contributed by atoms with Crippen LogP contribution >= 0.6 is 11.6 Å². The zero-order valence-corrected chi connectivity index (χ0v) is 15.2. The monoisotopic (exact) mass is 376 g/mol. The Labute approximate surface area is 162 Å². The molecule has 5 rings (SSSR count). The van der Waals surface area contributed by atoms with Crippen LogP contribution in [0.15, 0.2) is 77.9 Å². The predicted molar refractivity (Wildman–Crippen MR) is 105 cm³/mol. The molecule has 27 heavy (non-hydrogen) atoms. The Hall–Kier alpha value is -2.98. The van der Waals surface area contributed by atoms with Gasteiger partial charge in [-0.1, -0.05) is 54.1 Å². The number of hydrogen-bond acceptors (Lipinski definition) is 4. The number of ether oxygens (including phenoxy) is 1. The van der Waals surface area contributed by atoms with Crippen LogP contribution in [0.5, 0.6) is 11.5 Å². The van der Waals surface area contributed by atoms with Crippen LogP contribution in [-0.4, -0.2) is 15.8 Å². The molecule has 0 fully saturated rings. The molecule has 1 N–H and O–H groups in total. The molecule has 0 bridgehead atoms. The van der Waals surface area contributed by atoms with Crippen molar-refractivity contribution in [2.45, 2.75) is 18.7 Å². The minimum atomic E-state index is -0.494. The first kappa shape index (κ1) is 16.2. The van der Waals surface area contributed by atoms with Crippen LogP contribution in [0.25, 0.3) is 0 Å². The van der Waals surface area contributed by atoms with E-state index in [-0.39, 0.29) is 11.8 Å². The van der Waals surface area contributed by atoms with Crippen molar-refractivity contribution in [2.24, 2.45) is 5.10 Å². The third-order valence-corrected chi connectivity index (χ3v) is 5.30.